The van der Waals surface area contributed by atoms with Gasteiger partial charge in [-0.2, -0.15) is 4.98 Å². The van der Waals surface area contributed by atoms with Crippen LogP contribution in [0.25, 0.3) is 0 Å². The number of anilines is 1. The Labute approximate surface area is 143 Å². The molecule has 0 radical (unpaired) electrons. The van der Waals surface area contributed by atoms with E-state index >= 15 is 0 Å². The van der Waals surface area contributed by atoms with Crippen LogP contribution in [0.15, 0.2) is 18.2 Å². The number of nitrogens with one attached hydrogen (secondary N) is 2. The van der Waals surface area contributed by atoms with Crippen molar-refractivity contribution in [3.63, 3.8) is 0 Å². The van der Waals surface area contributed by atoms with Crippen LogP contribution in [0, 0.1) is 16.7 Å². The summed E-state index contributed by atoms with van der Waals surface area (Å²) in [6.07, 6.45) is 7.28. The van der Waals surface area contributed by atoms with Gasteiger partial charge in [0, 0.05) is 11.6 Å². The molecule has 130 valence electrons. The lowest BCUT2D eigenvalue weighted by Crippen LogP contribution is -2.65. The molecule has 2 amide bonds. The monoisotopic (exact) mass is 329 g/mol. The maximum absolute atomic E-state index is 12.6. The number of hydrogen-bond donors (Lipinski definition) is 2. The van der Waals surface area contributed by atoms with Crippen LogP contribution in [0.5, 0.6) is 5.88 Å². The van der Waals surface area contributed by atoms with Gasteiger partial charge in [0.2, 0.25) is 5.88 Å². The molecule has 1 aromatic rings. The number of nitrogens with zero attached hydrogens (tertiary/aromatic N) is 1. The molecule has 2 N–H and O–H groups in total. The third-order valence-corrected chi connectivity index (χ3v) is 6.18. The van der Waals surface area contributed by atoms with Gasteiger partial charge in [0.15, 0.2) is 0 Å². The molecule has 0 aromatic carbocycles. The van der Waals surface area contributed by atoms with E-state index in [9.17, 15) is 4.79 Å². The fourth-order valence-electron chi connectivity index (χ4n) is 6.57. The highest BCUT2D eigenvalue weighted by molar-refractivity contribution is 5.88. The van der Waals surface area contributed by atoms with Crippen LogP contribution in [-0.4, -0.2) is 23.7 Å². The molecule has 0 saturated heterocycles. The number of carbonyl (C=O) groups excluding carboxylic acids is 1. The van der Waals surface area contributed by atoms with Crippen molar-refractivity contribution in [3.05, 3.63) is 18.2 Å². The SMILES string of the molecule is COc1cccc(NC(=O)NC23CC4CC(C)(CC(C)(C4)C2)C3)n1. The zero-order valence-corrected chi connectivity index (χ0v) is 14.8. The third kappa shape index (κ3) is 2.74. The van der Waals surface area contributed by atoms with Crippen molar-refractivity contribution in [1.82, 2.24) is 10.3 Å². The van der Waals surface area contributed by atoms with Crippen molar-refractivity contribution in [2.24, 2.45) is 16.7 Å². The molecule has 2 atom stereocenters. The molecule has 4 saturated carbocycles. The number of urea groups is 1. The van der Waals surface area contributed by atoms with Gasteiger partial charge in [0.05, 0.1) is 7.11 Å². The van der Waals surface area contributed by atoms with Gasteiger partial charge >= 0.3 is 6.03 Å². The minimum atomic E-state index is -0.148. The molecule has 0 spiro atoms. The number of pyridine rings is 1. The Kier molecular flexibility index (Phi) is 3.35. The number of aromatic nitrogens is 1. The van der Waals surface area contributed by atoms with E-state index in [1.165, 1.54) is 19.3 Å². The summed E-state index contributed by atoms with van der Waals surface area (Å²) in [4.78, 5) is 16.9. The molecule has 1 heterocycles. The van der Waals surface area contributed by atoms with Crippen molar-refractivity contribution in [1.29, 1.82) is 0 Å². The van der Waals surface area contributed by atoms with Gasteiger partial charge < -0.3 is 10.1 Å². The first kappa shape index (κ1) is 15.7. The Morgan fingerprint density at radius 1 is 1.17 bits per heavy atom. The van der Waals surface area contributed by atoms with Gasteiger partial charge in [-0.15, -0.1) is 0 Å². The second kappa shape index (κ2) is 5.11. The van der Waals surface area contributed by atoms with Gasteiger partial charge in [-0.1, -0.05) is 19.9 Å². The van der Waals surface area contributed by atoms with Crippen molar-refractivity contribution < 1.29 is 9.53 Å². The van der Waals surface area contributed by atoms with Crippen molar-refractivity contribution in [3.8, 4) is 5.88 Å². The van der Waals surface area contributed by atoms with Gasteiger partial charge in [-0.05, 0) is 61.3 Å². The summed E-state index contributed by atoms with van der Waals surface area (Å²) in [7, 11) is 1.57. The van der Waals surface area contributed by atoms with Crippen LogP contribution in [0.2, 0.25) is 0 Å². The summed E-state index contributed by atoms with van der Waals surface area (Å²) < 4.78 is 5.11. The van der Waals surface area contributed by atoms with Crippen molar-refractivity contribution in [2.45, 2.75) is 57.9 Å². The van der Waals surface area contributed by atoms with Gasteiger partial charge in [0.25, 0.3) is 0 Å². The smallest absolute Gasteiger partial charge is 0.320 e. The molecule has 1 aromatic heterocycles. The van der Waals surface area contributed by atoms with E-state index in [2.05, 4.69) is 29.5 Å². The van der Waals surface area contributed by atoms with E-state index in [0.717, 1.165) is 25.2 Å². The molecule has 4 fully saturated rings. The normalized spacial score (nSPS) is 39.5. The lowest BCUT2D eigenvalue weighted by Gasteiger charge is -2.65. The molecule has 0 aliphatic heterocycles. The highest BCUT2D eigenvalue weighted by Crippen LogP contribution is 2.66. The largest absolute Gasteiger partial charge is 0.481 e. The van der Waals surface area contributed by atoms with Crippen LogP contribution >= 0.6 is 0 Å². The fourth-order valence-corrected chi connectivity index (χ4v) is 6.57. The molecule has 5 rings (SSSR count). The van der Waals surface area contributed by atoms with E-state index in [1.807, 2.05) is 6.07 Å². The second-order valence-corrected chi connectivity index (χ2v) is 9.05. The Bertz CT molecular complexity index is 656. The lowest BCUT2D eigenvalue weighted by molar-refractivity contribution is -0.113. The third-order valence-electron chi connectivity index (χ3n) is 6.18. The summed E-state index contributed by atoms with van der Waals surface area (Å²) in [6, 6.07) is 5.23. The minimum absolute atomic E-state index is 0.0497. The first-order chi connectivity index (χ1) is 11.3. The molecule has 4 aliphatic rings. The highest BCUT2D eigenvalue weighted by Gasteiger charge is 2.60. The molecule has 24 heavy (non-hydrogen) atoms. The Morgan fingerprint density at radius 2 is 1.88 bits per heavy atom. The predicted octanol–water partition coefficient (Wildman–Crippen LogP) is 3.96. The van der Waals surface area contributed by atoms with Crippen LogP contribution in [0.4, 0.5) is 10.6 Å². The van der Waals surface area contributed by atoms with Gasteiger partial charge in [-0.25, -0.2) is 4.79 Å². The first-order valence-corrected chi connectivity index (χ1v) is 8.91. The van der Waals surface area contributed by atoms with Crippen LogP contribution in [0.3, 0.4) is 0 Å². The van der Waals surface area contributed by atoms with E-state index in [1.54, 1.807) is 19.2 Å². The number of methoxy groups -OCH3 is 1. The van der Waals surface area contributed by atoms with E-state index in [0.29, 0.717) is 22.5 Å². The Balaban J connectivity index is 1.49. The first-order valence-electron chi connectivity index (χ1n) is 8.91. The van der Waals surface area contributed by atoms with Crippen LogP contribution in [0.1, 0.15) is 52.4 Å². The number of amides is 2. The summed E-state index contributed by atoms with van der Waals surface area (Å²) in [5, 5.41) is 6.21. The van der Waals surface area contributed by atoms with Crippen molar-refractivity contribution >= 4 is 11.8 Å². The maximum atomic E-state index is 12.6. The van der Waals surface area contributed by atoms with Gasteiger partial charge in [-0.3, -0.25) is 5.32 Å². The van der Waals surface area contributed by atoms with Crippen LogP contribution in [-0.2, 0) is 0 Å². The van der Waals surface area contributed by atoms with Crippen molar-refractivity contribution in [2.75, 3.05) is 12.4 Å². The quantitative estimate of drug-likeness (QED) is 0.882. The number of hydrogen-bond acceptors (Lipinski definition) is 3. The number of carbonyl (C=O) groups is 1. The average Bonchev–Trinajstić information content (AvgIpc) is 2.42. The summed E-state index contributed by atoms with van der Waals surface area (Å²) in [5.41, 5.74) is 0.719. The molecule has 4 bridgehead atoms. The maximum Gasteiger partial charge on any atom is 0.320 e. The number of rotatable bonds is 3. The van der Waals surface area contributed by atoms with E-state index < -0.39 is 0 Å². The number of ether oxygens (including phenoxy) is 1. The van der Waals surface area contributed by atoms with Gasteiger partial charge in [0.1, 0.15) is 5.82 Å². The second-order valence-electron chi connectivity index (χ2n) is 9.05. The Hall–Kier alpha value is -1.78. The molecule has 5 nitrogen and oxygen atoms in total. The highest BCUT2D eigenvalue weighted by atomic mass is 16.5. The molecule has 4 aliphatic carbocycles. The standard InChI is InChI=1S/C19H27N3O2/c1-17-7-13-8-18(2,10-17)12-19(9-13,11-17)22-16(23)21-14-5-4-6-15(20-14)24-3/h4-6,13H,7-12H2,1-3H3,(H2,20,21,22,23). The van der Waals surface area contributed by atoms with E-state index in [-0.39, 0.29) is 11.6 Å². The zero-order valence-electron chi connectivity index (χ0n) is 14.8. The lowest BCUT2D eigenvalue weighted by atomic mass is 9.43. The summed E-state index contributed by atoms with van der Waals surface area (Å²) in [6.45, 7) is 4.82. The zero-order chi connectivity index (χ0) is 17.0. The van der Waals surface area contributed by atoms with Crippen LogP contribution < -0.4 is 15.4 Å². The Morgan fingerprint density at radius 3 is 2.50 bits per heavy atom. The minimum Gasteiger partial charge on any atom is -0.481 e. The van der Waals surface area contributed by atoms with E-state index in [4.69, 9.17) is 4.74 Å². The summed E-state index contributed by atoms with van der Waals surface area (Å²) in [5.74, 6) is 1.78. The predicted molar refractivity (Wildman–Crippen MR) is 93.1 cm³/mol. The molecule has 5 heteroatoms. The molecule has 2 unspecified atom stereocenters. The summed E-state index contributed by atoms with van der Waals surface area (Å²) >= 11 is 0. The fraction of sp³-hybridized carbons (Fsp3) is 0.684. The molecular weight excluding hydrogens is 302 g/mol. The topological polar surface area (TPSA) is 63.2 Å². The molecular formula is C19H27N3O2. The average molecular weight is 329 g/mol.